The number of benzene rings is 2. The highest BCUT2D eigenvalue weighted by Crippen LogP contribution is 2.31. The highest BCUT2D eigenvalue weighted by molar-refractivity contribution is 5.76. The molecule has 1 heterocycles. The van der Waals surface area contributed by atoms with Gasteiger partial charge in [-0.3, -0.25) is 9.59 Å². The van der Waals surface area contributed by atoms with E-state index in [1.807, 2.05) is 48.5 Å². The number of carbonyl (C=O) groups excluding carboxylic acids is 2. The van der Waals surface area contributed by atoms with Gasteiger partial charge in [0.25, 0.3) is 0 Å². The molecular weight excluding hydrogens is 380 g/mol. The van der Waals surface area contributed by atoms with Crippen molar-refractivity contribution in [3.8, 4) is 0 Å². The summed E-state index contributed by atoms with van der Waals surface area (Å²) in [5.74, 6) is -0.822. The minimum atomic E-state index is -0.427. The van der Waals surface area contributed by atoms with E-state index in [4.69, 9.17) is 22.9 Å². The van der Waals surface area contributed by atoms with E-state index in [0.29, 0.717) is 0 Å². The first-order valence-electron chi connectivity index (χ1n) is 10.1. The number of para-hydroxylation sites is 2. The van der Waals surface area contributed by atoms with Gasteiger partial charge in [-0.25, -0.2) is 0 Å². The van der Waals surface area contributed by atoms with E-state index >= 15 is 0 Å². The zero-order valence-corrected chi connectivity index (χ0v) is 17.0. The Kier molecular flexibility index (Phi) is 6.91. The van der Waals surface area contributed by atoms with E-state index in [-0.39, 0.29) is 12.8 Å². The molecule has 0 radical (unpaired) electrons. The Hall–Kier alpha value is -3.10. The number of nitrogens with two attached hydrogens (primary N) is 4. The molecule has 1 aliphatic heterocycles. The number of rotatable bonds is 8. The van der Waals surface area contributed by atoms with Gasteiger partial charge in [0.2, 0.25) is 11.8 Å². The number of anilines is 2. The summed E-state index contributed by atoms with van der Waals surface area (Å²) >= 11 is 0. The van der Waals surface area contributed by atoms with Crippen LogP contribution in [-0.4, -0.2) is 38.0 Å². The molecule has 8 N–H and O–H groups in total. The number of carbonyl (C=O) groups is 2. The van der Waals surface area contributed by atoms with Crippen molar-refractivity contribution in [2.24, 2.45) is 22.9 Å². The summed E-state index contributed by atoms with van der Waals surface area (Å²) in [6.07, 6.45) is 0.226. The molecule has 160 valence electrons. The van der Waals surface area contributed by atoms with Crippen molar-refractivity contribution in [3.05, 3.63) is 59.7 Å². The van der Waals surface area contributed by atoms with Crippen molar-refractivity contribution >= 4 is 23.2 Å². The van der Waals surface area contributed by atoms with Gasteiger partial charge in [-0.2, -0.15) is 0 Å². The maximum atomic E-state index is 11.3. The first-order valence-corrected chi connectivity index (χ1v) is 10.1. The average Bonchev–Trinajstić information content (AvgIpc) is 2.73. The Labute approximate surface area is 176 Å². The van der Waals surface area contributed by atoms with Crippen molar-refractivity contribution in [2.45, 2.75) is 24.9 Å². The van der Waals surface area contributed by atoms with E-state index in [1.54, 1.807) is 0 Å². The Morgan fingerprint density at radius 3 is 1.37 bits per heavy atom. The molecule has 0 aliphatic carbocycles. The van der Waals surface area contributed by atoms with E-state index in [0.717, 1.165) is 48.7 Å². The van der Waals surface area contributed by atoms with Crippen molar-refractivity contribution in [2.75, 3.05) is 36.0 Å². The SMILES string of the molecule is NC(=O)CC(N)c1ccccc1N1CCN(c2ccccc2C(N)CC(N)=O)CC1. The summed E-state index contributed by atoms with van der Waals surface area (Å²) < 4.78 is 0. The first-order chi connectivity index (χ1) is 14.4. The highest BCUT2D eigenvalue weighted by atomic mass is 16.1. The molecular formula is C22H30N6O2. The van der Waals surface area contributed by atoms with Crippen molar-refractivity contribution in [1.29, 1.82) is 0 Å². The molecule has 2 amide bonds. The standard InChI is InChI=1S/C22H30N6O2/c23-17(13-21(25)29)15-5-1-3-7-19(15)27-9-11-28(12-10-27)20-8-4-2-6-16(20)18(24)14-22(26)30/h1-8,17-18H,9-14,23-24H2,(H2,25,29)(H2,26,30). The van der Waals surface area contributed by atoms with E-state index in [9.17, 15) is 9.59 Å². The lowest BCUT2D eigenvalue weighted by molar-refractivity contribution is -0.119. The predicted molar refractivity (Wildman–Crippen MR) is 119 cm³/mol. The normalized spacial score (nSPS) is 16.2. The maximum absolute atomic E-state index is 11.3. The molecule has 30 heavy (non-hydrogen) atoms. The first kappa shape index (κ1) is 21.6. The third-order valence-corrected chi connectivity index (χ3v) is 5.48. The lowest BCUT2D eigenvalue weighted by Crippen LogP contribution is -2.47. The monoisotopic (exact) mass is 410 g/mol. The van der Waals surface area contributed by atoms with Crippen LogP contribution in [0.1, 0.15) is 36.1 Å². The minimum absolute atomic E-state index is 0.113. The van der Waals surface area contributed by atoms with Gasteiger partial charge in [0.1, 0.15) is 0 Å². The fraction of sp³-hybridized carbons (Fsp3) is 0.364. The van der Waals surface area contributed by atoms with Crippen LogP contribution in [0.2, 0.25) is 0 Å². The van der Waals surface area contributed by atoms with Gasteiger partial charge in [-0.15, -0.1) is 0 Å². The second-order valence-electron chi connectivity index (χ2n) is 7.65. The lowest BCUT2D eigenvalue weighted by Gasteiger charge is -2.39. The molecule has 8 nitrogen and oxygen atoms in total. The van der Waals surface area contributed by atoms with Crippen LogP contribution in [0.4, 0.5) is 11.4 Å². The second-order valence-corrected chi connectivity index (χ2v) is 7.65. The van der Waals surface area contributed by atoms with Crippen LogP contribution in [-0.2, 0) is 9.59 Å². The van der Waals surface area contributed by atoms with Crippen molar-refractivity contribution < 1.29 is 9.59 Å². The maximum Gasteiger partial charge on any atom is 0.219 e. The highest BCUT2D eigenvalue weighted by Gasteiger charge is 2.24. The molecule has 0 aromatic heterocycles. The number of primary amides is 2. The summed E-state index contributed by atoms with van der Waals surface area (Å²) in [5.41, 5.74) is 27.0. The summed E-state index contributed by atoms with van der Waals surface area (Å²) in [4.78, 5) is 27.2. The fourth-order valence-electron chi connectivity index (χ4n) is 4.02. The van der Waals surface area contributed by atoms with Gasteiger partial charge in [0.05, 0.1) is 0 Å². The zero-order chi connectivity index (χ0) is 21.7. The molecule has 2 aromatic rings. The minimum Gasteiger partial charge on any atom is -0.370 e. The van der Waals surface area contributed by atoms with Gasteiger partial charge in [-0.1, -0.05) is 36.4 Å². The van der Waals surface area contributed by atoms with E-state index in [1.165, 1.54) is 0 Å². The largest absolute Gasteiger partial charge is 0.370 e. The number of hydrogen-bond donors (Lipinski definition) is 4. The third kappa shape index (κ3) is 5.08. The van der Waals surface area contributed by atoms with Crippen molar-refractivity contribution in [3.63, 3.8) is 0 Å². The van der Waals surface area contributed by atoms with Gasteiger partial charge >= 0.3 is 0 Å². The molecule has 0 spiro atoms. The molecule has 0 bridgehead atoms. The lowest BCUT2D eigenvalue weighted by atomic mass is 10.00. The summed E-state index contributed by atoms with van der Waals surface area (Å²) in [6, 6.07) is 14.9. The molecule has 0 saturated carbocycles. The number of hydrogen-bond acceptors (Lipinski definition) is 6. The molecule has 1 aliphatic rings. The summed E-state index contributed by atoms with van der Waals surface area (Å²) in [7, 11) is 0. The number of nitrogens with zero attached hydrogens (tertiary/aromatic N) is 2. The zero-order valence-electron chi connectivity index (χ0n) is 17.0. The van der Waals surface area contributed by atoms with Gasteiger partial charge in [-0.05, 0) is 23.3 Å². The van der Waals surface area contributed by atoms with E-state index in [2.05, 4.69) is 9.80 Å². The Bertz CT molecular complexity index is 821. The molecule has 8 heteroatoms. The van der Waals surface area contributed by atoms with Gasteiger partial charge in [0.15, 0.2) is 0 Å². The summed E-state index contributed by atoms with van der Waals surface area (Å²) in [6.45, 7) is 3.17. The van der Waals surface area contributed by atoms with Crippen LogP contribution in [0, 0.1) is 0 Å². The quantitative estimate of drug-likeness (QED) is 0.506. The average molecular weight is 411 g/mol. The second kappa shape index (κ2) is 9.60. The van der Waals surface area contributed by atoms with Crippen LogP contribution >= 0.6 is 0 Å². The summed E-state index contributed by atoms with van der Waals surface area (Å²) in [5, 5.41) is 0. The van der Waals surface area contributed by atoms with Crippen molar-refractivity contribution in [1.82, 2.24) is 0 Å². The Morgan fingerprint density at radius 2 is 1.03 bits per heavy atom. The van der Waals surface area contributed by atoms with Gasteiger partial charge in [0, 0.05) is 62.5 Å². The topological polar surface area (TPSA) is 145 Å². The number of piperazine rings is 1. The molecule has 1 saturated heterocycles. The van der Waals surface area contributed by atoms with Crippen LogP contribution in [0.3, 0.4) is 0 Å². The predicted octanol–water partition coefficient (Wildman–Crippen LogP) is 0.764. The van der Waals surface area contributed by atoms with Crippen LogP contribution < -0.4 is 32.7 Å². The Balaban J connectivity index is 1.74. The van der Waals surface area contributed by atoms with E-state index < -0.39 is 23.9 Å². The number of amides is 2. The fourth-order valence-corrected chi connectivity index (χ4v) is 4.02. The van der Waals surface area contributed by atoms with Gasteiger partial charge < -0.3 is 32.7 Å². The Morgan fingerprint density at radius 1 is 0.700 bits per heavy atom. The molecule has 2 atom stereocenters. The molecule has 1 fully saturated rings. The molecule has 2 aromatic carbocycles. The molecule has 2 unspecified atom stereocenters. The smallest absolute Gasteiger partial charge is 0.219 e. The van der Waals surface area contributed by atoms with Crippen LogP contribution in [0.25, 0.3) is 0 Å². The van der Waals surface area contributed by atoms with Crippen LogP contribution in [0.15, 0.2) is 48.5 Å². The van der Waals surface area contributed by atoms with Crippen LogP contribution in [0.5, 0.6) is 0 Å². The molecule has 3 rings (SSSR count). The third-order valence-electron chi connectivity index (χ3n) is 5.48.